The molecule has 2 fully saturated rings. The average Bonchev–Trinajstić information content (AvgIpc) is 2.72. The van der Waals surface area contributed by atoms with Crippen LogP contribution in [0.5, 0.6) is 11.5 Å². The normalized spacial score (nSPS) is 22.9. The molecule has 30 heavy (non-hydrogen) atoms. The third kappa shape index (κ3) is 5.00. The van der Waals surface area contributed by atoms with Gasteiger partial charge in [0.1, 0.15) is 0 Å². The molecule has 0 N–H and O–H groups in total. The number of para-hydroxylation sites is 1. The van der Waals surface area contributed by atoms with Crippen molar-refractivity contribution in [3.63, 3.8) is 0 Å². The third-order valence-electron chi connectivity index (χ3n) is 5.50. The van der Waals surface area contributed by atoms with E-state index in [4.69, 9.17) is 9.47 Å². The van der Waals surface area contributed by atoms with Crippen LogP contribution in [-0.4, -0.2) is 73.7 Å². The number of piperidine rings is 1. The van der Waals surface area contributed by atoms with Crippen LogP contribution in [-0.2, 0) is 9.53 Å². The van der Waals surface area contributed by atoms with Crippen LogP contribution in [0.2, 0.25) is 0 Å². The Balaban J connectivity index is 1.65. The number of methoxy groups -OCH3 is 1. The Bertz CT molecular complexity index is 758. The Morgan fingerprint density at radius 1 is 1.10 bits per heavy atom. The molecule has 0 aromatic heterocycles. The summed E-state index contributed by atoms with van der Waals surface area (Å²) in [5, 5.41) is 0. The van der Waals surface area contributed by atoms with Crippen LogP contribution in [0.4, 0.5) is 8.78 Å². The number of alkyl halides is 2. The summed E-state index contributed by atoms with van der Waals surface area (Å²) in [7, 11) is 1.33. The van der Waals surface area contributed by atoms with Crippen molar-refractivity contribution in [3.8, 4) is 11.5 Å². The van der Waals surface area contributed by atoms with Gasteiger partial charge in [-0.1, -0.05) is 6.07 Å². The van der Waals surface area contributed by atoms with E-state index in [2.05, 4.69) is 4.74 Å². The Kier molecular flexibility index (Phi) is 7.12. The first-order valence-electron chi connectivity index (χ1n) is 10.2. The predicted octanol–water partition coefficient (Wildman–Crippen LogP) is 2.78. The number of carbonyl (C=O) groups excluding carboxylic acids is 2. The molecule has 7 nitrogen and oxygen atoms in total. The molecule has 0 radical (unpaired) electrons. The van der Waals surface area contributed by atoms with Crippen molar-refractivity contribution in [1.82, 2.24) is 9.80 Å². The Labute approximate surface area is 174 Å². The molecule has 9 heteroatoms. The number of hydrogen-bond acceptors (Lipinski definition) is 5. The lowest BCUT2D eigenvalue weighted by Crippen LogP contribution is -2.51. The zero-order valence-electron chi connectivity index (χ0n) is 17.5. The Hall–Kier alpha value is -2.42. The lowest BCUT2D eigenvalue weighted by molar-refractivity contribution is -0.148. The summed E-state index contributed by atoms with van der Waals surface area (Å²) < 4.78 is 41.0. The fourth-order valence-corrected chi connectivity index (χ4v) is 4.17. The van der Waals surface area contributed by atoms with Crippen molar-refractivity contribution in [2.45, 2.75) is 45.5 Å². The van der Waals surface area contributed by atoms with E-state index in [-0.39, 0.29) is 41.1 Å². The topological polar surface area (TPSA) is 68.3 Å². The quantitative estimate of drug-likeness (QED) is 0.724. The van der Waals surface area contributed by atoms with Crippen molar-refractivity contribution in [1.29, 1.82) is 0 Å². The summed E-state index contributed by atoms with van der Waals surface area (Å²) in [6, 6.07) is 4.46. The second-order valence-corrected chi connectivity index (χ2v) is 7.78. The molecule has 166 valence electrons. The van der Waals surface area contributed by atoms with E-state index in [1.807, 2.05) is 18.7 Å². The SMILES string of the molecule is COc1cccc(C(=O)N2CCC(C(=O)N3CC(C)OC(C)C3)CC2)c1OC(F)F. The van der Waals surface area contributed by atoms with E-state index in [1.54, 1.807) is 11.0 Å². The minimum Gasteiger partial charge on any atom is -0.493 e. The summed E-state index contributed by atoms with van der Waals surface area (Å²) in [4.78, 5) is 29.3. The van der Waals surface area contributed by atoms with Crippen molar-refractivity contribution in [2.75, 3.05) is 33.3 Å². The highest BCUT2D eigenvalue weighted by Crippen LogP contribution is 2.34. The maximum atomic E-state index is 13.0. The van der Waals surface area contributed by atoms with Crippen LogP contribution in [0.15, 0.2) is 18.2 Å². The lowest BCUT2D eigenvalue weighted by atomic mass is 9.94. The maximum Gasteiger partial charge on any atom is 0.387 e. The molecule has 0 bridgehead atoms. The number of carbonyl (C=O) groups is 2. The maximum absolute atomic E-state index is 13.0. The number of likely N-dealkylation sites (tertiary alicyclic amines) is 1. The standard InChI is InChI=1S/C21H28F2N2O5/c1-13-11-25(12-14(2)29-13)19(26)15-7-9-24(10-8-15)20(27)16-5-4-6-17(28-3)18(16)30-21(22)23/h4-6,13-15,21H,7-12H2,1-3H3. The zero-order chi connectivity index (χ0) is 21.8. The number of halogens is 2. The minimum absolute atomic E-state index is 0.000633. The molecule has 3 rings (SSSR count). The summed E-state index contributed by atoms with van der Waals surface area (Å²) in [5.41, 5.74) is 0.0234. The molecular formula is C21H28F2N2O5. The molecule has 0 saturated carbocycles. The monoisotopic (exact) mass is 426 g/mol. The molecule has 2 heterocycles. The van der Waals surface area contributed by atoms with Gasteiger partial charge >= 0.3 is 6.61 Å². The molecule has 2 aliphatic heterocycles. The molecule has 2 saturated heterocycles. The summed E-state index contributed by atoms with van der Waals surface area (Å²) in [5.74, 6) is -0.679. The van der Waals surface area contributed by atoms with E-state index in [0.29, 0.717) is 39.0 Å². The fourth-order valence-electron chi connectivity index (χ4n) is 4.17. The minimum atomic E-state index is -3.07. The molecular weight excluding hydrogens is 398 g/mol. The first-order chi connectivity index (χ1) is 14.3. The van der Waals surface area contributed by atoms with Gasteiger partial charge in [-0.3, -0.25) is 9.59 Å². The van der Waals surface area contributed by atoms with Crippen LogP contribution < -0.4 is 9.47 Å². The van der Waals surface area contributed by atoms with Crippen molar-refractivity contribution >= 4 is 11.8 Å². The van der Waals surface area contributed by atoms with E-state index in [1.165, 1.54) is 19.2 Å². The Morgan fingerprint density at radius 3 is 2.30 bits per heavy atom. The van der Waals surface area contributed by atoms with Gasteiger partial charge in [0.2, 0.25) is 5.91 Å². The highest BCUT2D eigenvalue weighted by molar-refractivity contribution is 5.98. The summed E-state index contributed by atoms with van der Waals surface area (Å²) in [6.45, 7) is 2.70. The summed E-state index contributed by atoms with van der Waals surface area (Å²) in [6.07, 6.45) is 1.06. The van der Waals surface area contributed by atoms with Crippen LogP contribution in [0, 0.1) is 5.92 Å². The largest absolute Gasteiger partial charge is 0.493 e. The van der Waals surface area contributed by atoms with Crippen LogP contribution in [0.3, 0.4) is 0 Å². The summed E-state index contributed by atoms with van der Waals surface area (Å²) >= 11 is 0. The fraction of sp³-hybridized carbons (Fsp3) is 0.619. The first kappa shape index (κ1) is 22.3. The van der Waals surface area contributed by atoms with Gasteiger partial charge in [0.25, 0.3) is 5.91 Å². The molecule has 2 unspecified atom stereocenters. The highest BCUT2D eigenvalue weighted by Gasteiger charge is 2.34. The molecule has 2 amide bonds. The smallest absolute Gasteiger partial charge is 0.387 e. The van der Waals surface area contributed by atoms with Crippen LogP contribution in [0.1, 0.15) is 37.0 Å². The number of nitrogens with zero attached hydrogens (tertiary/aromatic N) is 2. The number of morpholine rings is 1. The number of rotatable bonds is 5. The molecule has 2 aliphatic rings. The van der Waals surface area contributed by atoms with Gasteiger partial charge in [0.15, 0.2) is 11.5 Å². The number of hydrogen-bond donors (Lipinski definition) is 0. The van der Waals surface area contributed by atoms with E-state index in [0.717, 1.165) is 0 Å². The van der Waals surface area contributed by atoms with E-state index >= 15 is 0 Å². The second-order valence-electron chi connectivity index (χ2n) is 7.78. The van der Waals surface area contributed by atoms with Gasteiger partial charge in [-0.25, -0.2) is 0 Å². The van der Waals surface area contributed by atoms with Gasteiger partial charge in [-0.2, -0.15) is 8.78 Å². The van der Waals surface area contributed by atoms with Gasteiger partial charge in [0.05, 0.1) is 24.9 Å². The van der Waals surface area contributed by atoms with Crippen molar-refractivity contribution in [3.05, 3.63) is 23.8 Å². The van der Waals surface area contributed by atoms with Crippen LogP contribution >= 0.6 is 0 Å². The van der Waals surface area contributed by atoms with Gasteiger partial charge in [-0.15, -0.1) is 0 Å². The predicted molar refractivity (Wildman–Crippen MR) is 105 cm³/mol. The second kappa shape index (κ2) is 9.59. The number of benzene rings is 1. The molecule has 1 aromatic carbocycles. The van der Waals surface area contributed by atoms with Crippen molar-refractivity contribution in [2.24, 2.45) is 5.92 Å². The molecule has 2 atom stereocenters. The van der Waals surface area contributed by atoms with E-state index in [9.17, 15) is 18.4 Å². The average molecular weight is 426 g/mol. The van der Waals surface area contributed by atoms with E-state index < -0.39 is 12.5 Å². The highest BCUT2D eigenvalue weighted by atomic mass is 19.3. The Morgan fingerprint density at radius 2 is 1.73 bits per heavy atom. The molecule has 1 aromatic rings. The zero-order valence-corrected chi connectivity index (χ0v) is 17.5. The van der Waals surface area contributed by atoms with Gasteiger partial charge < -0.3 is 24.0 Å². The van der Waals surface area contributed by atoms with Gasteiger partial charge in [-0.05, 0) is 38.8 Å². The lowest BCUT2D eigenvalue weighted by Gasteiger charge is -2.39. The van der Waals surface area contributed by atoms with Gasteiger partial charge in [0, 0.05) is 32.1 Å². The molecule has 0 aliphatic carbocycles. The number of amides is 2. The first-order valence-corrected chi connectivity index (χ1v) is 10.2. The number of ether oxygens (including phenoxy) is 3. The van der Waals surface area contributed by atoms with Crippen molar-refractivity contribution < 1.29 is 32.6 Å². The van der Waals surface area contributed by atoms with Crippen LogP contribution in [0.25, 0.3) is 0 Å². The third-order valence-corrected chi connectivity index (χ3v) is 5.50. The molecule has 0 spiro atoms.